The molecule has 2 atom stereocenters. The second-order valence-electron chi connectivity index (χ2n) is 10.0. The van der Waals surface area contributed by atoms with E-state index < -0.39 is 17.9 Å². The number of ether oxygens (including phenoxy) is 1. The van der Waals surface area contributed by atoms with E-state index in [1.54, 1.807) is 17.0 Å². The van der Waals surface area contributed by atoms with Gasteiger partial charge in [-0.3, -0.25) is 9.59 Å². The minimum absolute atomic E-state index is 0.0691. The number of hydrogen-bond donors (Lipinski definition) is 3. The van der Waals surface area contributed by atoms with Gasteiger partial charge in [-0.25, -0.2) is 0 Å². The van der Waals surface area contributed by atoms with E-state index in [1.165, 1.54) is 17.8 Å². The summed E-state index contributed by atoms with van der Waals surface area (Å²) in [4.78, 5) is 29.7. The van der Waals surface area contributed by atoms with Crippen LogP contribution in [0.4, 0.5) is 17.1 Å². The minimum atomic E-state index is -1.15. The Bertz CT molecular complexity index is 1060. The van der Waals surface area contributed by atoms with Crippen molar-refractivity contribution < 1.29 is 19.4 Å². The fraction of sp³-hybridized carbons (Fsp3) is 0.520. The summed E-state index contributed by atoms with van der Waals surface area (Å²) < 4.78 is 6.24. The first kappa shape index (κ1) is 25.8. The molecular formula is C25H33ClN4O4S. The fourth-order valence-electron chi connectivity index (χ4n) is 4.20. The van der Waals surface area contributed by atoms with Gasteiger partial charge in [0.1, 0.15) is 0 Å². The van der Waals surface area contributed by atoms with Crippen LogP contribution in [0.25, 0.3) is 0 Å². The average molecular weight is 521 g/mol. The summed E-state index contributed by atoms with van der Waals surface area (Å²) >= 11 is 7.12. The normalized spacial score (nSPS) is 20.7. The smallest absolute Gasteiger partial charge is 0.261 e. The second kappa shape index (κ2) is 10.7. The number of aliphatic hydroxyl groups is 1. The Morgan fingerprint density at radius 3 is 2.57 bits per heavy atom. The maximum Gasteiger partial charge on any atom is 0.261 e. The molecule has 35 heavy (non-hydrogen) atoms. The zero-order chi connectivity index (χ0) is 25.2. The van der Waals surface area contributed by atoms with Crippen LogP contribution in [0.3, 0.4) is 0 Å². The number of carbonyl (C=O) groups excluding carboxylic acids is 2. The van der Waals surface area contributed by atoms with Crippen molar-refractivity contribution in [2.24, 2.45) is 5.41 Å². The maximum atomic E-state index is 12.8. The highest BCUT2D eigenvalue weighted by Gasteiger charge is 2.33. The molecule has 2 aliphatic rings. The molecule has 8 nitrogen and oxygen atoms in total. The SMILES string of the molecule is CC(C)(C)C(=O)Nc1cc(N2CC(CNC(=O)c3ccc(Cl)s3)OC2O)ccc1N1CCCCC1. The Balaban J connectivity index is 1.48. The van der Waals surface area contributed by atoms with Crippen LogP contribution in [-0.2, 0) is 9.53 Å². The van der Waals surface area contributed by atoms with Gasteiger partial charge in [0.05, 0.1) is 33.2 Å². The van der Waals surface area contributed by atoms with Gasteiger partial charge in [-0.15, -0.1) is 11.3 Å². The number of nitrogens with zero attached hydrogens (tertiary/aromatic N) is 2. The van der Waals surface area contributed by atoms with Gasteiger partial charge in [0.15, 0.2) is 0 Å². The largest absolute Gasteiger partial charge is 0.370 e. The molecule has 4 rings (SSSR count). The Morgan fingerprint density at radius 1 is 1.17 bits per heavy atom. The average Bonchev–Trinajstić information content (AvgIpc) is 3.42. The van der Waals surface area contributed by atoms with Crippen molar-refractivity contribution in [2.45, 2.75) is 52.6 Å². The number of carbonyl (C=O) groups is 2. The van der Waals surface area contributed by atoms with Crippen LogP contribution in [0.2, 0.25) is 4.34 Å². The number of hydrogen-bond acceptors (Lipinski definition) is 7. The number of nitrogens with one attached hydrogen (secondary N) is 2. The molecule has 1 aromatic carbocycles. The molecule has 2 amide bonds. The number of halogens is 1. The van der Waals surface area contributed by atoms with E-state index in [-0.39, 0.29) is 18.4 Å². The molecule has 0 bridgehead atoms. The van der Waals surface area contributed by atoms with E-state index in [9.17, 15) is 14.7 Å². The van der Waals surface area contributed by atoms with Gasteiger partial charge < -0.3 is 30.3 Å². The molecule has 190 valence electrons. The quantitative estimate of drug-likeness (QED) is 0.526. The second-order valence-corrected chi connectivity index (χ2v) is 11.7. The molecule has 0 radical (unpaired) electrons. The van der Waals surface area contributed by atoms with Gasteiger partial charge in [-0.1, -0.05) is 32.4 Å². The maximum absolute atomic E-state index is 12.8. The molecule has 2 fully saturated rings. The van der Waals surface area contributed by atoms with Crippen LogP contribution in [-0.4, -0.2) is 55.6 Å². The number of amides is 2. The van der Waals surface area contributed by atoms with Gasteiger partial charge in [0.2, 0.25) is 12.3 Å². The summed E-state index contributed by atoms with van der Waals surface area (Å²) in [5.74, 6) is -0.295. The number of aliphatic hydroxyl groups excluding tert-OH is 1. The Hall–Kier alpha value is -2.33. The van der Waals surface area contributed by atoms with E-state index in [4.69, 9.17) is 16.3 Å². The van der Waals surface area contributed by atoms with E-state index in [2.05, 4.69) is 15.5 Å². The van der Waals surface area contributed by atoms with Crippen molar-refractivity contribution in [1.82, 2.24) is 5.32 Å². The van der Waals surface area contributed by atoms with Crippen molar-refractivity contribution in [3.8, 4) is 0 Å². The van der Waals surface area contributed by atoms with Crippen LogP contribution < -0.4 is 20.4 Å². The van der Waals surface area contributed by atoms with Crippen LogP contribution >= 0.6 is 22.9 Å². The lowest BCUT2D eigenvalue weighted by Gasteiger charge is -2.32. The molecule has 3 N–H and O–H groups in total. The first-order chi connectivity index (χ1) is 16.6. The summed E-state index contributed by atoms with van der Waals surface area (Å²) in [5.41, 5.74) is 1.91. The lowest BCUT2D eigenvalue weighted by molar-refractivity contribution is -0.123. The van der Waals surface area contributed by atoms with Crippen molar-refractivity contribution in [1.29, 1.82) is 0 Å². The van der Waals surface area contributed by atoms with Crippen molar-refractivity contribution in [2.75, 3.05) is 41.3 Å². The number of thiophene rings is 1. The highest BCUT2D eigenvalue weighted by Crippen LogP contribution is 2.35. The number of anilines is 3. The summed E-state index contributed by atoms with van der Waals surface area (Å²) in [6.07, 6.45) is 1.92. The zero-order valence-electron chi connectivity index (χ0n) is 20.3. The first-order valence-corrected chi connectivity index (χ1v) is 13.2. The molecular weight excluding hydrogens is 488 g/mol. The Morgan fingerprint density at radius 2 is 1.91 bits per heavy atom. The predicted octanol–water partition coefficient (Wildman–Crippen LogP) is 4.29. The van der Waals surface area contributed by atoms with E-state index in [0.717, 1.165) is 43.0 Å². The monoisotopic (exact) mass is 520 g/mol. The molecule has 1 aromatic heterocycles. The Labute approximate surface area is 215 Å². The molecule has 0 saturated carbocycles. The third kappa shape index (κ3) is 6.27. The van der Waals surface area contributed by atoms with Crippen molar-refractivity contribution >= 4 is 51.8 Å². The number of rotatable bonds is 6. The van der Waals surface area contributed by atoms with Crippen LogP contribution in [0, 0.1) is 5.41 Å². The topological polar surface area (TPSA) is 94.1 Å². The van der Waals surface area contributed by atoms with Gasteiger partial charge >= 0.3 is 0 Å². The first-order valence-electron chi connectivity index (χ1n) is 12.0. The standard InChI is InChI=1S/C25H33ClN4O4S/c1-25(2,3)23(32)28-18-13-16(7-8-19(18)29-11-5-4-6-12-29)30-15-17(34-24(30)33)14-27-22(31)20-9-10-21(26)35-20/h7-10,13,17,24,33H,4-6,11-12,14-15H2,1-3H3,(H,27,31)(H,28,32). The lowest BCUT2D eigenvalue weighted by Crippen LogP contribution is -2.35. The summed E-state index contributed by atoms with van der Waals surface area (Å²) in [7, 11) is 0. The van der Waals surface area contributed by atoms with E-state index in [0.29, 0.717) is 15.8 Å². The molecule has 10 heteroatoms. The van der Waals surface area contributed by atoms with Gasteiger partial charge in [-0.2, -0.15) is 0 Å². The van der Waals surface area contributed by atoms with Crippen LogP contribution in [0.15, 0.2) is 30.3 Å². The number of benzene rings is 1. The van der Waals surface area contributed by atoms with Crippen molar-refractivity contribution in [3.05, 3.63) is 39.5 Å². The van der Waals surface area contributed by atoms with Crippen molar-refractivity contribution in [3.63, 3.8) is 0 Å². The predicted molar refractivity (Wildman–Crippen MR) is 140 cm³/mol. The molecule has 2 aliphatic heterocycles. The third-order valence-corrected chi connectivity index (χ3v) is 7.44. The van der Waals surface area contributed by atoms with Crippen LogP contribution in [0.1, 0.15) is 49.7 Å². The minimum Gasteiger partial charge on any atom is -0.370 e. The van der Waals surface area contributed by atoms with Gasteiger partial charge in [0, 0.05) is 30.7 Å². The Kier molecular flexibility index (Phi) is 7.90. The summed E-state index contributed by atoms with van der Waals surface area (Å²) in [6.45, 7) is 8.19. The molecule has 0 spiro atoms. The fourth-order valence-corrected chi connectivity index (χ4v) is 5.16. The lowest BCUT2D eigenvalue weighted by atomic mass is 9.95. The van der Waals surface area contributed by atoms with Gasteiger partial charge in [-0.05, 0) is 49.6 Å². The summed E-state index contributed by atoms with van der Waals surface area (Å²) in [5, 5.41) is 16.5. The molecule has 2 unspecified atom stereocenters. The van der Waals surface area contributed by atoms with Crippen LogP contribution in [0.5, 0.6) is 0 Å². The molecule has 3 heterocycles. The highest BCUT2D eigenvalue weighted by molar-refractivity contribution is 7.18. The molecule has 0 aliphatic carbocycles. The van der Waals surface area contributed by atoms with E-state index in [1.807, 2.05) is 39.0 Å². The third-order valence-electron chi connectivity index (χ3n) is 6.21. The molecule has 2 saturated heterocycles. The zero-order valence-corrected chi connectivity index (χ0v) is 21.9. The molecule has 2 aromatic rings. The van der Waals surface area contributed by atoms with E-state index >= 15 is 0 Å². The summed E-state index contributed by atoms with van der Waals surface area (Å²) in [6, 6.07) is 9.20. The van der Waals surface area contributed by atoms with Gasteiger partial charge in [0.25, 0.3) is 5.91 Å². The highest BCUT2D eigenvalue weighted by atomic mass is 35.5. The number of piperidine rings is 1.